The average molecular weight is 294 g/mol. The van der Waals surface area contributed by atoms with Crippen LogP contribution in [0.5, 0.6) is 0 Å². The molecule has 1 aliphatic heterocycles. The second-order valence-corrected chi connectivity index (χ2v) is 5.48. The molecule has 112 valence electrons. The molecule has 0 aliphatic carbocycles. The van der Waals surface area contributed by atoms with Crippen molar-refractivity contribution >= 4 is 11.8 Å². The topological polar surface area (TPSA) is 49.4 Å². The highest BCUT2D eigenvalue weighted by molar-refractivity contribution is 5.97. The fraction of sp³-hybridized carbons (Fsp3) is 0.222. The van der Waals surface area contributed by atoms with Crippen LogP contribution in [0.2, 0.25) is 0 Å². The van der Waals surface area contributed by atoms with Crippen LogP contribution >= 0.6 is 0 Å². The van der Waals surface area contributed by atoms with Crippen molar-refractivity contribution in [2.24, 2.45) is 0 Å². The average Bonchev–Trinajstić information content (AvgIpc) is 2.57. The standard InChI is InChI=1S/C18H18N2O2/c1-13-17(21)19-16(15-10-6-3-7-11-15)18(22)20(13)12-14-8-4-2-5-9-14/h2-11,13,16H,12H2,1H3,(H,19,21)/t13-,16-/m0/s1. The van der Waals surface area contributed by atoms with Gasteiger partial charge < -0.3 is 10.2 Å². The highest BCUT2D eigenvalue weighted by Gasteiger charge is 2.38. The summed E-state index contributed by atoms with van der Waals surface area (Å²) in [6.07, 6.45) is 0. The minimum Gasteiger partial charge on any atom is -0.339 e. The lowest BCUT2D eigenvalue weighted by Gasteiger charge is -2.37. The number of hydrogen-bond donors (Lipinski definition) is 1. The molecule has 1 N–H and O–H groups in total. The second kappa shape index (κ2) is 6.02. The van der Waals surface area contributed by atoms with Crippen LogP contribution in [-0.4, -0.2) is 22.8 Å². The molecule has 4 heteroatoms. The quantitative estimate of drug-likeness (QED) is 0.944. The Bertz CT molecular complexity index is 670. The summed E-state index contributed by atoms with van der Waals surface area (Å²) in [5, 5.41) is 2.82. The lowest BCUT2D eigenvalue weighted by atomic mass is 10.00. The second-order valence-electron chi connectivity index (χ2n) is 5.48. The van der Waals surface area contributed by atoms with Crippen LogP contribution in [0.25, 0.3) is 0 Å². The van der Waals surface area contributed by atoms with Crippen LogP contribution in [0.4, 0.5) is 0 Å². The highest BCUT2D eigenvalue weighted by Crippen LogP contribution is 2.23. The van der Waals surface area contributed by atoms with E-state index in [9.17, 15) is 9.59 Å². The van der Waals surface area contributed by atoms with E-state index >= 15 is 0 Å². The van der Waals surface area contributed by atoms with E-state index in [2.05, 4.69) is 5.32 Å². The first-order valence-electron chi connectivity index (χ1n) is 7.36. The zero-order chi connectivity index (χ0) is 15.5. The Morgan fingerprint density at radius 3 is 2.18 bits per heavy atom. The normalized spacial score (nSPS) is 21.6. The van der Waals surface area contributed by atoms with E-state index in [-0.39, 0.29) is 11.8 Å². The third kappa shape index (κ3) is 2.72. The molecule has 4 nitrogen and oxygen atoms in total. The van der Waals surface area contributed by atoms with Crippen molar-refractivity contribution in [3.8, 4) is 0 Å². The predicted octanol–water partition coefficient (Wildman–Crippen LogP) is 2.27. The van der Waals surface area contributed by atoms with E-state index in [1.807, 2.05) is 60.7 Å². The molecule has 2 aromatic carbocycles. The number of piperazine rings is 1. The van der Waals surface area contributed by atoms with Gasteiger partial charge in [-0.25, -0.2) is 0 Å². The van der Waals surface area contributed by atoms with Gasteiger partial charge in [-0.1, -0.05) is 60.7 Å². The van der Waals surface area contributed by atoms with E-state index in [0.29, 0.717) is 6.54 Å². The number of benzene rings is 2. The minimum absolute atomic E-state index is 0.0675. The molecule has 1 fully saturated rings. The Labute approximate surface area is 129 Å². The van der Waals surface area contributed by atoms with Gasteiger partial charge in [0.25, 0.3) is 5.91 Å². The molecule has 0 aromatic heterocycles. The third-order valence-electron chi connectivity index (χ3n) is 3.99. The summed E-state index contributed by atoms with van der Waals surface area (Å²) in [6.45, 7) is 2.20. The van der Waals surface area contributed by atoms with Gasteiger partial charge in [-0.2, -0.15) is 0 Å². The first-order valence-corrected chi connectivity index (χ1v) is 7.36. The number of amides is 2. The van der Waals surface area contributed by atoms with Gasteiger partial charge in [0.1, 0.15) is 12.1 Å². The molecule has 0 saturated carbocycles. The van der Waals surface area contributed by atoms with Crippen LogP contribution in [-0.2, 0) is 16.1 Å². The summed E-state index contributed by atoms with van der Waals surface area (Å²) >= 11 is 0. The third-order valence-corrected chi connectivity index (χ3v) is 3.99. The first kappa shape index (κ1) is 14.3. The van der Waals surface area contributed by atoms with Crippen molar-refractivity contribution in [1.29, 1.82) is 0 Å². The van der Waals surface area contributed by atoms with Crippen molar-refractivity contribution in [2.75, 3.05) is 0 Å². The van der Waals surface area contributed by atoms with Crippen LogP contribution < -0.4 is 5.32 Å². The fourth-order valence-electron chi connectivity index (χ4n) is 2.69. The Morgan fingerprint density at radius 2 is 1.55 bits per heavy atom. The number of nitrogens with one attached hydrogen (secondary N) is 1. The SMILES string of the molecule is C[C@H]1C(=O)N[C@@H](c2ccccc2)C(=O)N1Cc1ccccc1. The summed E-state index contributed by atoms with van der Waals surface area (Å²) in [5.41, 5.74) is 1.83. The lowest BCUT2D eigenvalue weighted by Crippen LogP contribution is -2.58. The molecule has 1 aliphatic rings. The molecule has 2 atom stereocenters. The fourth-order valence-corrected chi connectivity index (χ4v) is 2.69. The molecule has 0 spiro atoms. The molecule has 3 rings (SSSR count). The molecule has 2 aromatic rings. The van der Waals surface area contributed by atoms with Gasteiger partial charge in [0, 0.05) is 6.54 Å². The zero-order valence-corrected chi connectivity index (χ0v) is 12.4. The summed E-state index contributed by atoms with van der Waals surface area (Å²) in [5.74, 6) is -0.188. The van der Waals surface area contributed by atoms with Crippen LogP contribution in [0.15, 0.2) is 60.7 Å². The smallest absolute Gasteiger partial charge is 0.250 e. The predicted molar refractivity (Wildman–Crippen MR) is 83.8 cm³/mol. The van der Waals surface area contributed by atoms with Gasteiger partial charge in [0.15, 0.2) is 0 Å². The van der Waals surface area contributed by atoms with Crippen LogP contribution in [0.3, 0.4) is 0 Å². The number of rotatable bonds is 3. The summed E-state index contributed by atoms with van der Waals surface area (Å²) in [6, 6.07) is 18.0. The number of carbonyl (C=O) groups is 2. The van der Waals surface area contributed by atoms with Gasteiger partial charge >= 0.3 is 0 Å². The molecule has 0 unspecified atom stereocenters. The van der Waals surface area contributed by atoms with Crippen molar-refractivity contribution in [1.82, 2.24) is 10.2 Å². The highest BCUT2D eigenvalue weighted by atomic mass is 16.2. The van der Waals surface area contributed by atoms with Crippen LogP contribution in [0.1, 0.15) is 24.1 Å². The van der Waals surface area contributed by atoms with Crippen molar-refractivity contribution in [3.05, 3.63) is 71.8 Å². The summed E-state index contributed by atoms with van der Waals surface area (Å²) < 4.78 is 0. The van der Waals surface area contributed by atoms with E-state index in [1.165, 1.54) is 0 Å². The molecule has 0 radical (unpaired) electrons. The maximum atomic E-state index is 12.8. The van der Waals surface area contributed by atoms with Gasteiger partial charge in [0.2, 0.25) is 5.91 Å². The van der Waals surface area contributed by atoms with Crippen LogP contribution in [0, 0.1) is 0 Å². The maximum Gasteiger partial charge on any atom is 0.250 e. The molecule has 1 saturated heterocycles. The Hall–Kier alpha value is -2.62. The van der Waals surface area contributed by atoms with E-state index in [1.54, 1.807) is 11.8 Å². The molecule has 22 heavy (non-hydrogen) atoms. The minimum atomic E-state index is -0.603. The van der Waals surface area contributed by atoms with Crippen molar-refractivity contribution in [2.45, 2.75) is 25.6 Å². The van der Waals surface area contributed by atoms with E-state index in [0.717, 1.165) is 11.1 Å². The molecule has 0 bridgehead atoms. The van der Waals surface area contributed by atoms with Gasteiger partial charge in [-0.15, -0.1) is 0 Å². The van der Waals surface area contributed by atoms with Crippen molar-refractivity contribution < 1.29 is 9.59 Å². The number of carbonyl (C=O) groups excluding carboxylic acids is 2. The Morgan fingerprint density at radius 1 is 0.955 bits per heavy atom. The lowest BCUT2D eigenvalue weighted by molar-refractivity contribution is -0.149. The largest absolute Gasteiger partial charge is 0.339 e. The number of nitrogens with zero attached hydrogens (tertiary/aromatic N) is 1. The summed E-state index contributed by atoms with van der Waals surface area (Å²) in [7, 11) is 0. The Kier molecular flexibility index (Phi) is 3.92. The molecule has 1 heterocycles. The van der Waals surface area contributed by atoms with Crippen molar-refractivity contribution in [3.63, 3.8) is 0 Å². The Balaban J connectivity index is 1.88. The maximum absolute atomic E-state index is 12.8. The summed E-state index contributed by atoms with van der Waals surface area (Å²) in [4.78, 5) is 26.7. The number of hydrogen-bond acceptors (Lipinski definition) is 2. The molecular formula is C18H18N2O2. The van der Waals surface area contributed by atoms with Gasteiger partial charge in [-0.3, -0.25) is 9.59 Å². The van der Waals surface area contributed by atoms with Gasteiger partial charge in [-0.05, 0) is 18.1 Å². The van der Waals surface area contributed by atoms with E-state index in [4.69, 9.17) is 0 Å². The zero-order valence-electron chi connectivity index (χ0n) is 12.4. The van der Waals surface area contributed by atoms with Gasteiger partial charge in [0.05, 0.1) is 0 Å². The monoisotopic (exact) mass is 294 g/mol. The first-order chi connectivity index (χ1) is 10.7. The van der Waals surface area contributed by atoms with E-state index < -0.39 is 12.1 Å². The molecular weight excluding hydrogens is 276 g/mol. The molecule has 2 amide bonds.